The Kier molecular flexibility index (Phi) is 4.06. The van der Waals surface area contributed by atoms with Crippen molar-refractivity contribution in [1.29, 1.82) is 0 Å². The molecule has 0 aliphatic rings. The van der Waals surface area contributed by atoms with E-state index in [0.717, 1.165) is 4.88 Å². The fourth-order valence-electron chi connectivity index (χ4n) is 2.05. The molecule has 1 atom stereocenters. The molecule has 21 heavy (non-hydrogen) atoms. The van der Waals surface area contributed by atoms with Gasteiger partial charge in [-0.1, -0.05) is 24.6 Å². The van der Waals surface area contributed by atoms with E-state index in [-0.39, 0.29) is 16.2 Å². The van der Waals surface area contributed by atoms with Gasteiger partial charge in [0, 0.05) is 16.5 Å². The van der Waals surface area contributed by atoms with E-state index in [1.54, 1.807) is 11.6 Å². The number of nitrogens with one attached hydrogen (secondary N) is 1. The van der Waals surface area contributed by atoms with Crippen molar-refractivity contribution in [3.63, 3.8) is 0 Å². The number of imidazole rings is 1. The molecule has 0 aliphatic heterocycles. The van der Waals surface area contributed by atoms with E-state index in [1.165, 1.54) is 27.1 Å². The van der Waals surface area contributed by atoms with Crippen molar-refractivity contribution in [1.82, 2.24) is 14.1 Å². The van der Waals surface area contributed by atoms with Gasteiger partial charge in [0.1, 0.15) is 0 Å². The predicted octanol–water partition coefficient (Wildman–Crippen LogP) is 3.54. The smallest absolute Gasteiger partial charge is 0.260 e. The molecule has 0 radical (unpaired) electrons. The molecule has 9 heteroatoms. The highest BCUT2D eigenvalue weighted by atomic mass is 35.5. The lowest BCUT2D eigenvalue weighted by Gasteiger charge is -2.15. The molecule has 1 unspecified atom stereocenters. The third-order valence-electron chi connectivity index (χ3n) is 3.03. The molecular weight excluding hydrogens is 350 g/mol. The number of hydrogen-bond acceptors (Lipinski definition) is 5. The molecule has 112 valence electrons. The van der Waals surface area contributed by atoms with E-state index in [9.17, 15) is 8.42 Å². The van der Waals surface area contributed by atoms with Gasteiger partial charge in [0.25, 0.3) is 10.0 Å². The summed E-state index contributed by atoms with van der Waals surface area (Å²) in [5, 5.41) is 3.69. The molecule has 0 saturated carbocycles. The van der Waals surface area contributed by atoms with Crippen LogP contribution in [0.5, 0.6) is 0 Å². The Morgan fingerprint density at radius 2 is 2.24 bits per heavy atom. The zero-order chi connectivity index (χ0) is 15.0. The van der Waals surface area contributed by atoms with Crippen molar-refractivity contribution >= 4 is 49.3 Å². The summed E-state index contributed by atoms with van der Waals surface area (Å²) in [6.07, 6.45) is 2.31. The zero-order valence-electron chi connectivity index (χ0n) is 11.0. The first-order valence-electron chi connectivity index (χ1n) is 6.19. The number of rotatable bonds is 5. The predicted molar refractivity (Wildman–Crippen MR) is 85.8 cm³/mol. The van der Waals surface area contributed by atoms with Gasteiger partial charge in [-0.15, -0.1) is 22.7 Å². The summed E-state index contributed by atoms with van der Waals surface area (Å²) < 4.78 is 29.5. The Hall–Kier alpha value is -0.930. The van der Waals surface area contributed by atoms with Crippen molar-refractivity contribution in [2.75, 3.05) is 0 Å². The van der Waals surface area contributed by atoms with Gasteiger partial charge in [-0.05, 0) is 17.9 Å². The van der Waals surface area contributed by atoms with Crippen LogP contribution in [0.4, 0.5) is 0 Å². The van der Waals surface area contributed by atoms with Crippen LogP contribution < -0.4 is 4.72 Å². The summed E-state index contributed by atoms with van der Waals surface area (Å²) in [6, 6.07) is 3.55. The minimum atomic E-state index is -3.75. The first-order valence-corrected chi connectivity index (χ1v) is 9.81. The standard InChI is InChI=1S/C12H12ClN3O2S3/c1-2-8(9-4-3-6-19-9)15-21(17,18)11-10(13)14-12-16(11)5-7-20-12/h3-8,15H,2H2,1H3. The summed E-state index contributed by atoms with van der Waals surface area (Å²) in [4.78, 5) is 5.60. The largest absolute Gasteiger partial charge is 0.279 e. The average molecular weight is 362 g/mol. The number of hydrogen-bond donors (Lipinski definition) is 1. The van der Waals surface area contributed by atoms with E-state index in [0.29, 0.717) is 11.4 Å². The second-order valence-electron chi connectivity index (χ2n) is 4.36. The van der Waals surface area contributed by atoms with Crippen molar-refractivity contribution in [2.45, 2.75) is 24.4 Å². The lowest BCUT2D eigenvalue weighted by Crippen LogP contribution is -2.28. The maximum atomic E-state index is 12.6. The third kappa shape index (κ3) is 2.74. The zero-order valence-corrected chi connectivity index (χ0v) is 14.2. The molecule has 3 heterocycles. The Morgan fingerprint density at radius 3 is 2.90 bits per heavy atom. The number of sulfonamides is 1. The minimum absolute atomic E-state index is 0.00424. The van der Waals surface area contributed by atoms with E-state index in [1.807, 2.05) is 24.4 Å². The monoisotopic (exact) mass is 361 g/mol. The van der Waals surface area contributed by atoms with Gasteiger partial charge < -0.3 is 0 Å². The van der Waals surface area contributed by atoms with Crippen LogP contribution in [0.2, 0.25) is 5.15 Å². The quantitative estimate of drug-likeness (QED) is 0.756. The molecule has 0 fully saturated rings. The summed E-state index contributed by atoms with van der Waals surface area (Å²) in [7, 11) is -3.75. The van der Waals surface area contributed by atoms with E-state index in [4.69, 9.17) is 11.6 Å². The minimum Gasteiger partial charge on any atom is -0.279 e. The summed E-state index contributed by atoms with van der Waals surface area (Å²) in [5.41, 5.74) is 0. The van der Waals surface area contributed by atoms with Crippen LogP contribution in [0.1, 0.15) is 24.3 Å². The van der Waals surface area contributed by atoms with Gasteiger partial charge in [0.05, 0.1) is 6.04 Å². The molecule has 0 aromatic carbocycles. The van der Waals surface area contributed by atoms with E-state index in [2.05, 4.69) is 9.71 Å². The lowest BCUT2D eigenvalue weighted by molar-refractivity contribution is 0.549. The molecule has 5 nitrogen and oxygen atoms in total. The number of thiophene rings is 1. The fraction of sp³-hybridized carbons (Fsp3) is 0.250. The van der Waals surface area contributed by atoms with Crippen LogP contribution in [-0.4, -0.2) is 17.8 Å². The van der Waals surface area contributed by atoms with Gasteiger partial charge in [0.15, 0.2) is 15.1 Å². The summed E-state index contributed by atoms with van der Waals surface area (Å²) in [6.45, 7) is 1.94. The van der Waals surface area contributed by atoms with Crippen molar-refractivity contribution < 1.29 is 8.42 Å². The highest BCUT2D eigenvalue weighted by molar-refractivity contribution is 7.89. The molecule has 0 spiro atoms. The number of halogens is 1. The molecule has 0 amide bonds. The topological polar surface area (TPSA) is 63.5 Å². The number of nitrogens with zero attached hydrogens (tertiary/aromatic N) is 2. The maximum absolute atomic E-state index is 12.6. The Bertz CT molecular complexity index is 852. The highest BCUT2D eigenvalue weighted by Gasteiger charge is 2.28. The second kappa shape index (κ2) is 5.69. The molecule has 0 aliphatic carbocycles. The molecule has 3 rings (SSSR count). The third-order valence-corrected chi connectivity index (χ3v) is 6.64. The lowest BCUT2D eigenvalue weighted by atomic mass is 10.2. The Balaban J connectivity index is 2.00. The van der Waals surface area contributed by atoms with Gasteiger partial charge in [-0.3, -0.25) is 4.40 Å². The van der Waals surface area contributed by atoms with Crippen LogP contribution >= 0.6 is 34.3 Å². The molecule has 3 aromatic rings. The Labute approximate surface area is 135 Å². The van der Waals surface area contributed by atoms with E-state index < -0.39 is 10.0 Å². The van der Waals surface area contributed by atoms with E-state index >= 15 is 0 Å². The van der Waals surface area contributed by atoms with Crippen LogP contribution in [0.3, 0.4) is 0 Å². The summed E-state index contributed by atoms with van der Waals surface area (Å²) >= 11 is 8.86. The first kappa shape index (κ1) is 15.0. The Morgan fingerprint density at radius 1 is 1.43 bits per heavy atom. The van der Waals surface area contributed by atoms with Crippen LogP contribution in [0.25, 0.3) is 4.96 Å². The van der Waals surface area contributed by atoms with Gasteiger partial charge in [0.2, 0.25) is 0 Å². The number of thiazole rings is 1. The molecular formula is C12H12ClN3O2S3. The van der Waals surface area contributed by atoms with Crippen LogP contribution in [0.15, 0.2) is 34.1 Å². The number of aromatic nitrogens is 2. The normalized spacial score (nSPS) is 13.8. The number of fused-ring (bicyclic) bond motifs is 1. The van der Waals surface area contributed by atoms with Crippen LogP contribution in [0, 0.1) is 0 Å². The SMILES string of the molecule is CCC(NS(=O)(=O)c1c(Cl)nc2sccn12)c1cccs1. The van der Waals surface area contributed by atoms with Crippen LogP contribution in [-0.2, 0) is 10.0 Å². The van der Waals surface area contributed by atoms with Gasteiger partial charge in [-0.25, -0.2) is 18.1 Å². The first-order chi connectivity index (χ1) is 10.0. The highest BCUT2D eigenvalue weighted by Crippen LogP contribution is 2.28. The van der Waals surface area contributed by atoms with Crippen molar-refractivity contribution in [3.05, 3.63) is 39.1 Å². The maximum Gasteiger partial charge on any atom is 0.260 e. The fourth-order valence-corrected chi connectivity index (χ4v) is 5.74. The van der Waals surface area contributed by atoms with Crippen molar-refractivity contribution in [3.8, 4) is 0 Å². The van der Waals surface area contributed by atoms with Gasteiger partial charge >= 0.3 is 0 Å². The molecule has 3 aromatic heterocycles. The molecule has 0 saturated heterocycles. The second-order valence-corrected chi connectivity index (χ2v) is 8.20. The summed E-state index contributed by atoms with van der Waals surface area (Å²) in [5.74, 6) is 0. The molecule has 1 N–H and O–H groups in total. The van der Waals surface area contributed by atoms with Gasteiger partial charge in [-0.2, -0.15) is 0 Å². The van der Waals surface area contributed by atoms with Crippen molar-refractivity contribution in [2.24, 2.45) is 0 Å². The average Bonchev–Trinajstić information content (AvgIpc) is 3.11. The molecule has 0 bridgehead atoms.